The van der Waals surface area contributed by atoms with Gasteiger partial charge in [0.2, 0.25) is 11.8 Å². The van der Waals surface area contributed by atoms with Crippen LogP contribution in [-0.2, 0) is 15.0 Å². The number of carbonyl (C=O) groups excluding carboxylic acids is 2. The summed E-state index contributed by atoms with van der Waals surface area (Å²) in [6.07, 6.45) is 0.319. The third kappa shape index (κ3) is 2.17. The monoisotopic (exact) mass is 245 g/mol. The van der Waals surface area contributed by atoms with Crippen molar-refractivity contribution in [3.8, 4) is 0 Å². The van der Waals surface area contributed by atoms with E-state index in [0.29, 0.717) is 12.1 Å². The Balaban J connectivity index is 2.31. The minimum Gasteiger partial charge on any atom is -0.274 e. The molecule has 1 saturated heterocycles. The van der Waals surface area contributed by atoms with Gasteiger partial charge in [0.25, 0.3) is 0 Å². The van der Waals surface area contributed by atoms with Gasteiger partial charge in [-0.3, -0.25) is 14.5 Å². The highest BCUT2D eigenvalue weighted by Crippen LogP contribution is 2.29. The third-order valence-corrected chi connectivity index (χ3v) is 3.36. The van der Waals surface area contributed by atoms with Gasteiger partial charge in [-0.2, -0.15) is 0 Å². The zero-order valence-corrected chi connectivity index (χ0v) is 11.4. The van der Waals surface area contributed by atoms with Gasteiger partial charge < -0.3 is 0 Å². The zero-order valence-electron chi connectivity index (χ0n) is 11.4. The molecular formula is C15H19NO2. The maximum Gasteiger partial charge on any atom is 0.237 e. The van der Waals surface area contributed by atoms with Crippen molar-refractivity contribution in [2.24, 2.45) is 5.92 Å². The molecule has 0 spiro atoms. The molecular weight excluding hydrogens is 226 g/mol. The highest BCUT2D eigenvalue weighted by atomic mass is 16.2. The molecule has 1 atom stereocenters. The second kappa shape index (κ2) is 4.23. The van der Waals surface area contributed by atoms with E-state index >= 15 is 0 Å². The lowest BCUT2D eigenvalue weighted by Crippen LogP contribution is -2.30. The first-order valence-electron chi connectivity index (χ1n) is 6.28. The van der Waals surface area contributed by atoms with E-state index < -0.39 is 0 Å². The van der Waals surface area contributed by atoms with E-state index in [2.05, 4.69) is 20.8 Å². The largest absolute Gasteiger partial charge is 0.274 e. The van der Waals surface area contributed by atoms with Crippen LogP contribution in [0.25, 0.3) is 0 Å². The molecule has 0 aliphatic carbocycles. The fourth-order valence-electron chi connectivity index (χ4n) is 2.17. The minimum atomic E-state index is -0.195. The molecule has 1 aliphatic heterocycles. The van der Waals surface area contributed by atoms with Gasteiger partial charge in [-0.15, -0.1) is 0 Å². The maximum absolute atomic E-state index is 11.9. The molecule has 2 rings (SSSR count). The number of benzene rings is 1. The summed E-state index contributed by atoms with van der Waals surface area (Å²) in [6, 6.07) is 7.68. The van der Waals surface area contributed by atoms with Crippen molar-refractivity contribution in [3.05, 3.63) is 29.8 Å². The molecule has 2 amide bonds. The van der Waals surface area contributed by atoms with Crippen LogP contribution in [0.4, 0.5) is 5.69 Å². The summed E-state index contributed by atoms with van der Waals surface area (Å²) >= 11 is 0. The van der Waals surface area contributed by atoms with Gasteiger partial charge in [-0.25, -0.2) is 0 Å². The molecule has 0 N–H and O–H groups in total. The summed E-state index contributed by atoms with van der Waals surface area (Å²) in [6.45, 7) is 8.20. The van der Waals surface area contributed by atoms with Crippen LogP contribution in [0.2, 0.25) is 0 Å². The lowest BCUT2D eigenvalue weighted by molar-refractivity contribution is -0.122. The quantitative estimate of drug-likeness (QED) is 0.713. The van der Waals surface area contributed by atoms with Crippen molar-refractivity contribution in [1.82, 2.24) is 0 Å². The predicted molar refractivity (Wildman–Crippen MR) is 71.4 cm³/mol. The predicted octanol–water partition coefficient (Wildman–Crippen LogP) is 2.88. The molecule has 0 bridgehead atoms. The van der Waals surface area contributed by atoms with Gasteiger partial charge in [-0.1, -0.05) is 39.8 Å². The Morgan fingerprint density at radius 3 is 2.06 bits per heavy atom. The molecule has 3 nitrogen and oxygen atoms in total. The molecule has 96 valence electrons. The lowest BCUT2D eigenvalue weighted by Gasteiger charge is -2.21. The number of rotatable bonds is 1. The van der Waals surface area contributed by atoms with E-state index in [1.807, 2.05) is 24.3 Å². The van der Waals surface area contributed by atoms with Gasteiger partial charge in [0.15, 0.2) is 0 Å². The number of nitrogens with zero attached hydrogens (tertiary/aromatic N) is 1. The van der Waals surface area contributed by atoms with Gasteiger partial charge in [0.05, 0.1) is 5.69 Å². The summed E-state index contributed by atoms with van der Waals surface area (Å²) in [5.74, 6) is -0.390. The van der Waals surface area contributed by atoms with Crippen LogP contribution < -0.4 is 4.90 Å². The average molecular weight is 245 g/mol. The van der Waals surface area contributed by atoms with Crippen LogP contribution >= 0.6 is 0 Å². The second-order valence-electron chi connectivity index (χ2n) is 5.97. The molecule has 1 aliphatic rings. The van der Waals surface area contributed by atoms with Crippen molar-refractivity contribution < 1.29 is 9.59 Å². The molecule has 1 unspecified atom stereocenters. The van der Waals surface area contributed by atoms with Gasteiger partial charge in [0, 0.05) is 12.3 Å². The van der Waals surface area contributed by atoms with E-state index in [0.717, 1.165) is 0 Å². The highest BCUT2D eigenvalue weighted by molar-refractivity contribution is 6.20. The zero-order chi connectivity index (χ0) is 13.5. The maximum atomic E-state index is 11.9. The average Bonchev–Trinajstić information content (AvgIpc) is 2.52. The highest BCUT2D eigenvalue weighted by Gasteiger charge is 2.36. The normalized spacial score (nSPS) is 20.7. The number of imide groups is 1. The van der Waals surface area contributed by atoms with Crippen molar-refractivity contribution in [2.45, 2.75) is 39.5 Å². The Bertz CT molecular complexity index is 482. The fourth-order valence-corrected chi connectivity index (χ4v) is 2.17. The van der Waals surface area contributed by atoms with Crippen molar-refractivity contribution in [2.75, 3.05) is 4.90 Å². The van der Waals surface area contributed by atoms with Crippen LogP contribution in [0.15, 0.2) is 24.3 Å². The number of carbonyl (C=O) groups is 2. The number of anilines is 1. The molecule has 0 aromatic heterocycles. The van der Waals surface area contributed by atoms with Gasteiger partial charge >= 0.3 is 0 Å². The van der Waals surface area contributed by atoms with Crippen molar-refractivity contribution in [3.63, 3.8) is 0 Å². The Hall–Kier alpha value is -1.64. The van der Waals surface area contributed by atoms with Crippen LogP contribution in [0.5, 0.6) is 0 Å². The molecule has 1 heterocycles. The van der Waals surface area contributed by atoms with Crippen LogP contribution in [0, 0.1) is 5.92 Å². The smallest absolute Gasteiger partial charge is 0.237 e. The number of hydrogen-bond donors (Lipinski definition) is 0. The summed E-state index contributed by atoms with van der Waals surface area (Å²) in [5, 5.41) is 0. The summed E-state index contributed by atoms with van der Waals surface area (Å²) < 4.78 is 0. The van der Waals surface area contributed by atoms with E-state index in [1.54, 1.807) is 6.92 Å². The summed E-state index contributed by atoms with van der Waals surface area (Å²) in [7, 11) is 0. The number of hydrogen-bond acceptors (Lipinski definition) is 2. The van der Waals surface area contributed by atoms with E-state index in [4.69, 9.17) is 0 Å². The molecule has 3 heteroatoms. The van der Waals surface area contributed by atoms with Gasteiger partial charge in [0.1, 0.15) is 0 Å². The van der Waals surface area contributed by atoms with Crippen LogP contribution in [0.3, 0.4) is 0 Å². The SMILES string of the molecule is CC1CC(=O)N(c2ccc(C(C)(C)C)cc2)C1=O. The molecule has 1 aromatic carbocycles. The first kappa shape index (κ1) is 12.8. The van der Waals surface area contributed by atoms with E-state index in [1.165, 1.54) is 10.5 Å². The fraction of sp³-hybridized carbons (Fsp3) is 0.467. The molecule has 18 heavy (non-hydrogen) atoms. The Morgan fingerprint density at radius 2 is 1.67 bits per heavy atom. The van der Waals surface area contributed by atoms with E-state index in [-0.39, 0.29) is 23.1 Å². The Morgan fingerprint density at radius 1 is 1.11 bits per heavy atom. The third-order valence-electron chi connectivity index (χ3n) is 3.36. The summed E-state index contributed by atoms with van der Waals surface area (Å²) in [4.78, 5) is 25.0. The second-order valence-corrected chi connectivity index (χ2v) is 5.97. The standard InChI is InChI=1S/C15H19NO2/c1-10-9-13(17)16(14(10)18)12-7-5-11(6-8-12)15(2,3)4/h5-8,10H,9H2,1-4H3. The summed E-state index contributed by atoms with van der Waals surface area (Å²) in [5.41, 5.74) is 1.95. The molecule has 1 fully saturated rings. The topological polar surface area (TPSA) is 37.4 Å². The van der Waals surface area contributed by atoms with Crippen molar-refractivity contribution >= 4 is 17.5 Å². The molecule has 0 saturated carbocycles. The van der Waals surface area contributed by atoms with Gasteiger partial charge in [-0.05, 0) is 23.1 Å². The molecule has 1 aromatic rings. The van der Waals surface area contributed by atoms with E-state index in [9.17, 15) is 9.59 Å². The number of amides is 2. The minimum absolute atomic E-state index is 0.0743. The van der Waals surface area contributed by atoms with Crippen LogP contribution in [-0.4, -0.2) is 11.8 Å². The first-order chi connectivity index (χ1) is 8.30. The van der Waals surface area contributed by atoms with Crippen LogP contribution in [0.1, 0.15) is 39.7 Å². The Kier molecular flexibility index (Phi) is 3.01. The van der Waals surface area contributed by atoms with Crippen molar-refractivity contribution in [1.29, 1.82) is 0 Å². The molecule has 0 radical (unpaired) electrons. The first-order valence-corrected chi connectivity index (χ1v) is 6.28. The Labute approximate surface area is 108 Å². The lowest BCUT2D eigenvalue weighted by atomic mass is 9.87.